The lowest BCUT2D eigenvalue weighted by atomic mass is 9.92. The molecule has 0 aromatic heterocycles. The maximum Gasteiger partial charge on any atom is 0.119 e. The van der Waals surface area contributed by atoms with Crippen molar-refractivity contribution < 1.29 is 5.11 Å². The molecule has 0 unspecified atom stereocenters. The lowest BCUT2D eigenvalue weighted by molar-refractivity contribution is 0.471. The second kappa shape index (κ2) is 5.03. The third-order valence-corrected chi connectivity index (χ3v) is 3.39. The molecule has 0 saturated carbocycles. The number of aryl methyl sites for hydroxylation is 1. The van der Waals surface area contributed by atoms with Crippen LogP contribution in [0.5, 0.6) is 5.75 Å². The zero-order valence-electron chi connectivity index (χ0n) is 10.9. The van der Waals surface area contributed by atoms with Crippen molar-refractivity contribution >= 4 is 11.6 Å². The standard InChI is InChI=1S/C16H17ClO/c1-10(2)14-7-6-13(17)9-15(14)12-5-4-11(3)16(18)8-12/h4-10,18H,1-3H3. The Labute approximate surface area is 113 Å². The third-order valence-electron chi connectivity index (χ3n) is 3.16. The van der Waals surface area contributed by atoms with Crippen molar-refractivity contribution in [3.8, 4) is 16.9 Å². The highest BCUT2D eigenvalue weighted by molar-refractivity contribution is 6.30. The summed E-state index contributed by atoms with van der Waals surface area (Å²) in [5.74, 6) is 0.739. The lowest BCUT2D eigenvalue weighted by Gasteiger charge is -2.14. The average Bonchev–Trinajstić information content (AvgIpc) is 2.32. The zero-order valence-corrected chi connectivity index (χ0v) is 11.6. The van der Waals surface area contributed by atoms with Crippen LogP contribution in [0.25, 0.3) is 11.1 Å². The van der Waals surface area contributed by atoms with Crippen LogP contribution in [0.2, 0.25) is 5.02 Å². The van der Waals surface area contributed by atoms with Crippen molar-refractivity contribution in [3.05, 3.63) is 52.5 Å². The minimum Gasteiger partial charge on any atom is -0.508 e. The first kappa shape index (κ1) is 13.0. The van der Waals surface area contributed by atoms with E-state index >= 15 is 0 Å². The molecular weight excluding hydrogens is 244 g/mol. The van der Waals surface area contributed by atoms with Gasteiger partial charge in [-0.25, -0.2) is 0 Å². The maximum absolute atomic E-state index is 9.83. The summed E-state index contributed by atoms with van der Waals surface area (Å²) in [5, 5.41) is 10.5. The molecule has 1 N–H and O–H groups in total. The summed E-state index contributed by atoms with van der Waals surface area (Å²) in [6.45, 7) is 6.20. The Morgan fingerprint density at radius 1 is 1.06 bits per heavy atom. The Bertz CT molecular complexity index is 573. The van der Waals surface area contributed by atoms with Crippen LogP contribution in [0, 0.1) is 6.92 Å². The van der Waals surface area contributed by atoms with Crippen molar-refractivity contribution in [2.45, 2.75) is 26.7 Å². The number of rotatable bonds is 2. The first-order valence-electron chi connectivity index (χ1n) is 6.08. The number of benzene rings is 2. The Hall–Kier alpha value is -1.47. The first-order chi connectivity index (χ1) is 8.49. The average molecular weight is 261 g/mol. The van der Waals surface area contributed by atoms with E-state index in [2.05, 4.69) is 19.9 Å². The molecule has 18 heavy (non-hydrogen) atoms. The summed E-state index contributed by atoms with van der Waals surface area (Å²) in [6, 6.07) is 11.7. The first-order valence-corrected chi connectivity index (χ1v) is 6.46. The minimum absolute atomic E-state index is 0.321. The van der Waals surface area contributed by atoms with E-state index in [1.807, 2.05) is 31.2 Å². The van der Waals surface area contributed by atoms with Gasteiger partial charge in [0.15, 0.2) is 0 Å². The molecule has 1 nitrogen and oxygen atoms in total. The van der Waals surface area contributed by atoms with Crippen LogP contribution in [0.1, 0.15) is 30.9 Å². The van der Waals surface area contributed by atoms with Crippen LogP contribution in [-0.2, 0) is 0 Å². The minimum atomic E-state index is 0.321. The molecule has 94 valence electrons. The molecule has 0 amide bonds. The van der Waals surface area contributed by atoms with E-state index in [0.29, 0.717) is 11.7 Å². The molecule has 2 heteroatoms. The topological polar surface area (TPSA) is 20.2 Å². The molecule has 0 aliphatic carbocycles. The molecule has 0 saturated heterocycles. The summed E-state index contributed by atoms with van der Waals surface area (Å²) >= 11 is 6.08. The van der Waals surface area contributed by atoms with Crippen LogP contribution in [0.15, 0.2) is 36.4 Å². The van der Waals surface area contributed by atoms with Gasteiger partial charge < -0.3 is 5.11 Å². The summed E-state index contributed by atoms with van der Waals surface area (Å²) in [5.41, 5.74) is 4.21. The van der Waals surface area contributed by atoms with Gasteiger partial charge in [0.2, 0.25) is 0 Å². The van der Waals surface area contributed by atoms with Crippen LogP contribution in [0.3, 0.4) is 0 Å². The smallest absolute Gasteiger partial charge is 0.119 e. The molecular formula is C16H17ClO. The predicted octanol–water partition coefficient (Wildman–Crippen LogP) is 5.14. The van der Waals surface area contributed by atoms with E-state index in [-0.39, 0.29) is 0 Å². The van der Waals surface area contributed by atoms with Crippen LogP contribution in [-0.4, -0.2) is 5.11 Å². The molecule has 0 spiro atoms. The summed E-state index contributed by atoms with van der Waals surface area (Å²) in [4.78, 5) is 0. The van der Waals surface area contributed by atoms with Gasteiger partial charge in [0, 0.05) is 5.02 Å². The number of aromatic hydroxyl groups is 1. The number of phenols is 1. The molecule has 0 fully saturated rings. The van der Waals surface area contributed by atoms with E-state index in [0.717, 1.165) is 21.7 Å². The molecule has 0 bridgehead atoms. The highest BCUT2D eigenvalue weighted by Gasteiger charge is 2.10. The van der Waals surface area contributed by atoms with Gasteiger partial charge in [-0.2, -0.15) is 0 Å². The largest absolute Gasteiger partial charge is 0.508 e. The molecule has 2 rings (SSSR count). The monoisotopic (exact) mass is 260 g/mol. The fraction of sp³-hybridized carbons (Fsp3) is 0.250. The summed E-state index contributed by atoms with van der Waals surface area (Å²) < 4.78 is 0. The fourth-order valence-electron chi connectivity index (χ4n) is 2.06. The van der Waals surface area contributed by atoms with Crippen LogP contribution in [0.4, 0.5) is 0 Å². The second-order valence-electron chi connectivity index (χ2n) is 4.89. The van der Waals surface area contributed by atoms with Gasteiger partial charge in [0.05, 0.1) is 0 Å². The number of hydrogen-bond donors (Lipinski definition) is 1. The third kappa shape index (κ3) is 2.51. The van der Waals surface area contributed by atoms with Crippen molar-refractivity contribution in [2.24, 2.45) is 0 Å². The van der Waals surface area contributed by atoms with Gasteiger partial charge in [-0.3, -0.25) is 0 Å². The van der Waals surface area contributed by atoms with Crippen molar-refractivity contribution in [1.82, 2.24) is 0 Å². The Morgan fingerprint density at radius 3 is 2.39 bits per heavy atom. The van der Waals surface area contributed by atoms with Crippen molar-refractivity contribution in [2.75, 3.05) is 0 Å². The van der Waals surface area contributed by atoms with E-state index in [4.69, 9.17) is 11.6 Å². The van der Waals surface area contributed by atoms with Gasteiger partial charge in [0.25, 0.3) is 0 Å². The van der Waals surface area contributed by atoms with Gasteiger partial charge >= 0.3 is 0 Å². The molecule has 0 aliphatic rings. The van der Waals surface area contributed by atoms with Crippen LogP contribution < -0.4 is 0 Å². The maximum atomic E-state index is 9.83. The Balaban J connectivity index is 2.61. The van der Waals surface area contributed by atoms with Gasteiger partial charge in [-0.1, -0.05) is 43.6 Å². The number of hydrogen-bond acceptors (Lipinski definition) is 1. The number of phenolic OH excluding ortho intramolecular Hbond substituents is 1. The van der Waals surface area contributed by atoms with E-state index in [1.165, 1.54) is 5.56 Å². The van der Waals surface area contributed by atoms with Gasteiger partial charge in [-0.15, -0.1) is 0 Å². The van der Waals surface area contributed by atoms with Gasteiger partial charge in [-0.05, 0) is 53.3 Å². The molecule has 0 heterocycles. The predicted molar refractivity (Wildman–Crippen MR) is 77.4 cm³/mol. The SMILES string of the molecule is Cc1ccc(-c2cc(Cl)ccc2C(C)C)cc1O. The summed E-state index contributed by atoms with van der Waals surface area (Å²) in [7, 11) is 0. The molecule has 0 aliphatic heterocycles. The molecule has 2 aromatic carbocycles. The normalized spacial score (nSPS) is 10.9. The highest BCUT2D eigenvalue weighted by Crippen LogP contribution is 2.33. The van der Waals surface area contributed by atoms with Crippen LogP contribution >= 0.6 is 11.6 Å². The fourth-order valence-corrected chi connectivity index (χ4v) is 2.23. The van der Waals surface area contributed by atoms with Crippen molar-refractivity contribution in [3.63, 3.8) is 0 Å². The van der Waals surface area contributed by atoms with E-state index in [1.54, 1.807) is 6.07 Å². The Kier molecular flexibility index (Phi) is 3.63. The van der Waals surface area contributed by atoms with Gasteiger partial charge in [0.1, 0.15) is 5.75 Å². The quantitative estimate of drug-likeness (QED) is 0.792. The summed E-state index contributed by atoms with van der Waals surface area (Å²) in [6.07, 6.45) is 0. The molecule has 2 aromatic rings. The second-order valence-corrected chi connectivity index (χ2v) is 5.32. The Morgan fingerprint density at radius 2 is 1.78 bits per heavy atom. The van der Waals surface area contributed by atoms with Crippen molar-refractivity contribution in [1.29, 1.82) is 0 Å². The molecule has 0 radical (unpaired) electrons. The highest BCUT2D eigenvalue weighted by atomic mass is 35.5. The zero-order chi connectivity index (χ0) is 13.3. The lowest BCUT2D eigenvalue weighted by Crippen LogP contribution is -1.92. The van der Waals surface area contributed by atoms with E-state index < -0.39 is 0 Å². The number of halogens is 1. The van der Waals surface area contributed by atoms with E-state index in [9.17, 15) is 5.11 Å². The molecule has 0 atom stereocenters.